The molecule has 0 aliphatic heterocycles. The zero-order valence-electron chi connectivity index (χ0n) is 15.3. The maximum absolute atomic E-state index is 12.7. The van der Waals surface area contributed by atoms with Crippen molar-refractivity contribution in [2.45, 2.75) is 45.1 Å². The average molecular weight is 387 g/mol. The molecule has 0 fully saturated rings. The van der Waals surface area contributed by atoms with Crippen LogP contribution in [0.4, 0.5) is 5.69 Å². The third kappa shape index (κ3) is 5.48. The van der Waals surface area contributed by atoms with Crippen molar-refractivity contribution in [3.63, 3.8) is 0 Å². The number of nitro groups is 1. The summed E-state index contributed by atoms with van der Waals surface area (Å²) in [4.78, 5) is 22.2. The van der Waals surface area contributed by atoms with Crippen LogP contribution in [0.25, 0.3) is 0 Å². The summed E-state index contributed by atoms with van der Waals surface area (Å²) in [5.41, 5.74) is 5.04. The van der Waals surface area contributed by atoms with E-state index in [1.54, 1.807) is 6.92 Å². The molecular weight excluding hydrogens is 362 g/mol. The van der Waals surface area contributed by atoms with E-state index in [0.29, 0.717) is 6.42 Å². The van der Waals surface area contributed by atoms with Gasteiger partial charge >= 0.3 is 5.97 Å². The smallest absolute Gasteiger partial charge is 0.338 e. The van der Waals surface area contributed by atoms with Crippen molar-refractivity contribution in [1.29, 1.82) is 0 Å². The number of rotatable bonds is 9. The molecule has 1 aromatic rings. The lowest BCUT2D eigenvalue weighted by Gasteiger charge is -2.19. The van der Waals surface area contributed by atoms with Gasteiger partial charge in [-0.15, -0.1) is 0 Å². The van der Waals surface area contributed by atoms with Gasteiger partial charge in [0.05, 0.1) is 22.0 Å². The molecule has 0 bridgehead atoms. The van der Waals surface area contributed by atoms with Gasteiger partial charge in [0.1, 0.15) is 0 Å². The largest absolute Gasteiger partial charge is 0.462 e. The van der Waals surface area contributed by atoms with E-state index in [9.17, 15) is 23.3 Å². The van der Waals surface area contributed by atoms with Gasteiger partial charge < -0.3 is 10.5 Å². The van der Waals surface area contributed by atoms with Crippen molar-refractivity contribution in [1.82, 2.24) is 4.72 Å². The van der Waals surface area contributed by atoms with E-state index >= 15 is 0 Å². The number of hydrogen-bond donors (Lipinski definition) is 2. The minimum atomic E-state index is -4.10. The SMILES string of the molecule is CCOC(=O)c1cc(S(=O)(=O)NC(CN)CC(C)C)cc([N+](=O)[O-])c1C. The van der Waals surface area contributed by atoms with Gasteiger partial charge in [0, 0.05) is 24.2 Å². The Kier molecular flexibility index (Phi) is 7.67. The Hall–Kier alpha value is -2.04. The van der Waals surface area contributed by atoms with Crippen molar-refractivity contribution in [2.24, 2.45) is 11.7 Å². The van der Waals surface area contributed by atoms with E-state index in [-0.39, 0.29) is 35.1 Å². The molecule has 146 valence electrons. The van der Waals surface area contributed by atoms with Crippen molar-refractivity contribution >= 4 is 21.7 Å². The van der Waals surface area contributed by atoms with Crippen LogP contribution in [-0.2, 0) is 14.8 Å². The Labute approximate surface area is 153 Å². The third-order valence-electron chi connectivity index (χ3n) is 3.72. The number of benzene rings is 1. The summed E-state index contributed by atoms with van der Waals surface area (Å²) in [7, 11) is -4.10. The van der Waals surface area contributed by atoms with Gasteiger partial charge in [-0.2, -0.15) is 0 Å². The van der Waals surface area contributed by atoms with E-state index in [1.807, 2.05) is 13.8 Å². The highest BCUT2D eigenvalue weighted by Gasteiger charge is 2.27. The normalized spacial score (nSPS) is 12.8. The van der Waals surface area contributed by atoms with Crippen molar-refractivity contribution in [3.05, 3.63) is 33.4 Å². The fraction of sp³-hybridized carbons (Fsp3) is 0.562. The molecule has 10 heteroatoms. The van der Waals surface area contributed by atoms with E-state index in [1.165, 1.54) is 6.92 Å². The van der Waals surface area contributed by atoms with E-state index in [0.717, 1.165) is 12.1 Å². The topological polar surface area (TPSA) is 142 Å². The monoisotopic (exact) mass is 387 g/mol. The van der Waals surface area contributed by atoms with Crippen molar-refractivity contribution in [2.75, 3.05) is 13.2 Å². The van der Waals surface area contributed by atoms with Gasteiger partial charge in [-0.3, -0.25) is 10.1 Å². The Bertz CT molecular complexity index is 776. The quantitative estimate of drug-likeness (QED) is 0.373. The van der Waals surface area contributed by atoms with Gasteiger partial charge in [0.2, 0.25) is 10.0 Å². The highest BCUT2D eigenvalue weighted by molar-refractivity contribution is 7.89. The van der Waals surface area contributed by atoms with Crippen LogP contribution in [-0.4, -0.2) is 38.5 Å². The van der Waals surface area contributed by atoms with Crippen LogP contribution in [0.5, 0.6) is 0 Å². The highest BCUT2D eigenvalue weighted by atomic mass is 32.2. The van der Waals surface area contributed by atoms with E-state index in [2.05, 4.69) is 4.72 Å². The second-order valence-electron chi connectivity index (χ2n) is 6.28. The van der Waals surface area contributed by atoms with Gasteiger partial charge in [-0.25, -0.2) is 17.9 Å². The molecule has 0 amide bonds. The molecule has 0 heterocycles. The van der Waals surface area contributed by atoms with Crippen LogP contribution in [0.2, 0.25) is 0 Å². The maximum Gasteiger partial charge on any atom is 0.338 e. The first-order valence-electron chi connectivity index (χ1n) is 8.22. The third-order valence-corrected chi connectivity index (χ3v) is 5.22. The molecule has 1 rings (SSSR count). The molecule has 0 aliphatic rings. The van der Waals surface area contributed by atoms with Gasteiger partial charge in [-0.1, -0.05) is 13.8 Å². The molecule has 0 radical (unpaired) electrons. The summed E-state index contributed by atoms with van der Waals surface area (Å²) in [6, 6.07) is 1.50. The van der Waals surface area contributed by atoms with Gasteiger partial charge in [0.15, 0.2) is 0 Å². The number of nitrogens with zero attached hydrogens (tertiary/aromatic N) is 1. The minimum absolute atomic E-state index is 0.0463. The number of carbonyl (C=O) groups excluding carboxylic acids is 1. The molecule has 3 N–H and O–H groups in total. The number of hydrogen-bond acceptors (Lipinski definition) is 7. The fourth-order valence-corrected chi connectivity index (χ4v) is 3.79. The number of nitrogens with two attached hydrogens (primary N) is 1. The summed E-state index contributed by atoms with van der Waals surface area (Å²) >= 11 is 0. The van der Waals surface area contributed by atoms with Crippen LogP contribution in [0.1, 0.15) is 43.1 Å². The van der Waals surface area contributed by atoms with Crippen molar-refractivity contribution in [3.8, 4) is 0 Å². The lowest BCUT2D eigenvalue weighted by molar-refractivity contribution is -0.385. The molecular formula is C16H25N3O6S. The molecule has 9 nitrogen and oxygen atoms in total. The predicted octanol–water partition coefficient (Wildman–Crippen LogP) is 1.73. The Morgan fingerprint density at radius 1 is 1.38 bits per heavy atom. The highest BCUT2D eigenvalue weighted by Crippen LogP contribution is 2.27. The Morgan fingerprint density at radius 3 is 2.46 bits per heavy atom. The molecule has 26 heavy (non-hydrogen) atoms. The maximum atomic E-state index is 12.7. The number of ether oxygens (including phenoxy) is 1. The molecule has 0 aromatic heterocycles. The fourth-order valence-electron chi connectivity index (χ4n) is 2.49. The Morgan fingerprint density at radius 2 is 2.00 bits per heavy atom. The molecule has 0 saturated carbocycles. The lowest BCUT2D eigenvalue weighted by Crippen LogP contribution is -2.41. The second-order valence-corrected chi connectivity index (χ2v) is 7.99. The summed E-state index contributed by atoms with van der Waals surface area (Å²) in [5, 5.41) is 11.3. The summed E-state index contributed by atoms with van der Waals surface area (Å²) in [6.07, 6.45) is 0.508. The van der Waals surface area contributed by atoms with Gasteiger partial charge in [0.25, 0.3) is 5.69 Å². The molecule has 1 aromatic carbocycles. The van der Waals surface area contributed by atoms with E-state index < -0.39 is 32.6 Å². The van der Waals surface area contributed by atoms with Gasteiger partial charge in [-0.05, 0) is 32.3 Å². The predicted molar refractivity (Wildman–Crippen MR) is 96.4 cm³/mol. The molecule has 0 spiro atoms. The van der Waals surface area contributed by atoms with Crippen molar-refractivity contribution < 1.29 is 22.9 Å². The molecule has 1 unspecified atom stereocenters. The summed E-state index contributed by atoms with van der Waals surface area (Å²) in [6.45, 7) is 6.94. The zero-order chi connectivity index (χ0) is 20.1. The first kappa shape index (κ1) is 22.0. The van der Waals surface area contributed by atoms with Crippen LogP contribution < -0.4 is 10.5 Å². The second kappa shape index (κ2) is 9.06. The number of carbonyl (C=O) groups is 1. The van der Waals surface area contributed by atoms with E-state index in [4.69, 9.17) is 10.5 Å². The lowest BCUT2D eigenvalue weighted by atomic mass is 10.1. The number of esters is 1. The summed E-state index contributed by atoms with van der Waals surface area (Å²) in [5.74, 6) is -0.614. The molecule has 1 atom stereocenters. The first-order valence-corrected chi connectivity index (χ1v) is 9.70. The average Bonchev–Trinajstić information content (AvgIpc) is 2.53. The zero-order valence-corrected chi connectivity index (χ0v) is 16.1. The number of nitrogens with one attached hydrogen (secondary N) is 1. The number of nitro benzene ring substituents is 1. The molecule has 0 aliphatic carbocycles. The van der Waals surface area contributed by atoms with Crippen LogP contribution in [0.15, 0.2) is 17.0 Å². The minimum Gasteiger partial charge on any atom is -0.462 e. The van der Waals surface area contributed by atoms with Crippen LogP contribution >= 0.6 is 0 Å². The number of sulfonamides is 1. The summed E-state index contributed by atoms with van der Waals surface area (Å²) < 4.78 is 32.6. The molecule has 0 saturated heterocycles. The van der Waals surface area contributed by atoms with Crippen LogP contribution in [0, 0.1) is 23.0 Å². The first-order chi connectivity index (χ1) is 12.0. The Balaban J connectivity index is 3.41. The standard InChI is InChI=1S/C16H25N3O6S/c1-5-25-16(20)14-7-13(8-15(11(14)4)19(21)22)26(23,24)18-12(9-17)6-10(2)3/h7-8,10,12,18H,5-6,9,17H2,1-4H3. The van der Waals surface area contributed by atoms with Crippen LogP contribution in [0.3, 0.4) is 0 Å².